The van der Waals surface area contributed by atoms with Crippen LogP contribution < -0.4 is 0 Å². The Morgan fingerprint density at radius 3 is 2.27 bits per heavy atom. The molecule has 0 radical (unpaired) electrons. The van der Waals surface area contributed by atoms with Gasteiger partial charge in [0.15, 0.2) is 0 Å². The summed E-state index contributed by atoms with van der Waals surface area (Å²) in [5.41, 5.74) is -0.208. The van der Waals surface area contributed by atoms with Crippen LogP contribution in [0.3, 0.4) is 0 Å². The van der Waals surface area contributed by atoms with Crippen molar-refractivity contribution in [1.29, 1.82) is 0 Å². The molecule has 0 rings (SSSR count). The third-order valence-corrected chi connectivity index (χ3v) is 1.23. The Balaban J connectivity index is 3.77. The number of carbonyl (C=O) groups is 1. The highest BCUT2D eigenvalue weighted by Crippen LogP contribution is 2.12. The van der Waals surface area contributed by atoms with Crippen molar-refractivity contribution < 1.29 is 9.53 Å². The predicted octanol–water partition coefficient (Wildman–Crippen LogP) is 2.17. The lowest BCUT2D eigenvalue weighted by atomic mass is 10.1. The second kappa shape index (κ2) is 4.50. The maximum Gasteiger partial charge on any atom is 0.148 e. The third-order valence-electron chi connectivity index (χ3n) is 1.23. The molecule has 0 aliphatic heterocycles. The van der Waals surface area contributed by atoms with E-state index in [2.05, 4.69) is 0 Å². The lowest BCUT2D eigenvalue weighted by Crippen LogP contribution is -2.28. The molecule has 11 heavy (non-hydrogen) atoms. The normalized spacial score (nSPS) is 14.5. The van der Waals surface area contributed by atoms with Crippen LogP contribution in [0, 0.1) is 0 Å². The molecule has 0 saturated heterocycles. The summed E-state index contributed by atoms with van der Waals surface area (Å²) < 4.78 is 5.46. The van der Waals surface area contributed by atoms with E-state index in [1.165, 1.54) is 0 Å². The highest BCUT2D eigenvalue weighted by Gasteiger charge is 2.16. The molecule has 0 fully saturated rings. The maximum absolute atomic E-state index is 10.4. The van der Waals surface area contributed by atoms with Crippen molar-refractivity contribution in [3.8, 4) is 0 Å². The van der Waals surface area contributed by atoms with Crippen molar-refractivity contribution >= 4 is 6.29 Å². The number of ether oxygens (including phenoxy) is 1. The minimum absolute atomic E-state index is 0.208. The molecule has 66 valence electrons. The largest absolute Gasteiger partial charge is 0.365 e. The number of hydrogen-bond donors (Lipinski definition) is 0. The van der Waals surface area contributed by atoms with Crippen molar-refractivity contribution in [3.05, 3.63) is 0 Å². The van der Waals surface area contributed by atoms with Gasteiger partial charge < -0.3 is 9.53 Å². The van der Waals surface area contributed by atoms with E-state index in [9.17, 15) is 4.79 Å². The summed E-state index contributed by atoms with van der Waals surface area (Å²) >= 11 is 0. The molecule has 1 atom stereocenters. The van der Waals surface area contributed by atoms with Gasteiger partial charge in [0.25, 0.3) is 0 Å². The monoisotopic (exact) mass is 158 g/mol. The van der Waals surface area contributed by atoms with Gasteiger partial charge in [0.05, 0.1) is 5.60 Å². The molecule has 0 aliphatic carbocycles. The second-order valence-electron chi connectivity index (χ2n) is 3.69. The summed E-state index contributed by atoms with van der Waals surface area (Å²) in [5, 5.41) is 0. The minimum atomic E-state index is -0.222. The quantitative estimate of drug-likeness (QED) is 0.586. The van der Waals surface area contributed by atoms with E-state index in [4.69, 9.17) is 4.74 Å². The topological polar surface area (TPSA) is 26.3 Å². The molecule has 0 aromatic carbocycles. The summed E-state index contributed by atoms with van der Waals surface area (Å²) in [4.78, 5) is 10.4. The van der Waals surface area contributed by atoms with Gasteiger partial charge in [-0.15, -0.1) is 0 Å². The molecule has 0 amide bonds. The summed E-state index contributed by atoms with van der Waals surface area (Å²) in [6, 6.07) is 0. The summed E-state index contributed by atoms with van der Waals surface area (Å²) in [6.45, 7) is 7.92. The number of hydrogen-bond acceptors (Lipinski definition) is 2. The first-order chi connectivity index (χ1) is 4.99. The van der Waals surface area contributed by atoms with Crippen LogP contribution in [0.2, 0.25) is 0 Å². The Bertz CT molecular complexity index is 113. The van der Waals surface area contributed by atoms with Gasteiger partial charge in [-0.3, -0.25) is 0 Å². The molecule has 0 bridgehead atoms. The zero-order chi connectivity index (χ0) is 8.91. The van der Waals surface area contributed by atoms with E-state index >= 15 is 0 Å². The van der Waals surface area contributed by atoms with Crippen molar-refractivity contribution in [2.75, 3.05) is 0 Å². The highest BCUT2D eigenvalue weighted by molar-refractivity contribution is 5.55. The first-order valence-electron chi connectivity index (χ1n) is 4.12. The van der Waals surface area contributed by atoms with E-state index in [0.29, 0.717) is 0 Å². The molecule has 1 unspecified atom stereocenters. The average molecular weight is 158 g/mol. The fraction of sp³-hybridized carbons (Fsp3) is 0.889. The molecule has 0 aromatic rings. The van der Waals surface area contributed by atoms with Crippen LogP contribution in [0.4, 0.5) is 0 Å². The second-order valence-corrected chi connectivity index (χ2v) is 3.69. The molecule has 0 aliphatic rings. The summed E-state index contributed by atoms with van der Waals surface area (Å²) in [6.07, 6.45) is 2.47. The standard InChI is InChI=1S/C9H18O2/c1-5-6-8(7-10)11-9(2,3)4/h7-8H,5-6H2,1-4H3. The van der Waals surface area contributed by atoms with Crippen LogP contribution in [0.15, 0.2) is 0 Å². The van der Waals surface area contributed by atoms with E-state index in [0.717, 1.165) is 19.1 Å². The van der Waals surface area contributed by atoms with Gasteiger partial charge in [-0.1, -0.05) is 13.3 Å². The first kappa shape index (κ1) is 10.6. The zero-order valence-corrected chi connectivity index (χ0v) is 7.89. The molecule has 0 aromatic heterocycles. The van der Waals surface area contributed by atoms with Crippen molar-refractivity contribution in [3.63, 3.8) is 0 Å². The van der Waals surface area contributed by atoms with Crippen LogP contribution in [0.1, 0.15) is 40.5 Å². The fourth-order valence-corrected chi connectivity index (χ4v) is 0.893. The van der Waals surface area contributed by atoms with Crippen molar-refractivity contribution in [1.82, 2.24) is 0 Å². The molecule has 0 heterocycles. The Morgan fingerprint density at radius 1 is 1.45 bits per heavy atom. The molecule has 0 spiro atoms. The SMILES string of the molecule is CCCC(C=O)OC(C)(C)C. The van der Waals surface area contributed by atoms with Crippen LogP contribution >= 0.6 is 0 Å². The Labute approximate surface area is 68.9 Å². The first-order valence-corrected chi connectivity index (χ1v) is 4.12. The lowest BCUT2D eigenvalue weighted by Gasteiger charge is -2.23. The van der Waals surface area contributed by atoms with Gasteiger partial charge in [0, 0.05) is 0 Å². The van der Waals surface area contributed by atoms with Crippen LogP contribution in [-0.4, -0.2) is 18.0 Å². The van der Waals surface area contributed by atoms with E-state index in [-0.39, 0.29) is 11.7 Å². The fourth-order valence-electron chi connectivity index (χ4n) is 0.893. The molecule has 0 N–H and O–H groups in total. The van der Waals surface area contributed by atoms with E-state index < -0.39 is 0 Å². The summed E-state index contributed by atoms with van der Waals surface area (Å²) in [5.74, 6) is 0. The lowest BCUT2D eigenvalue weighted by molar-refractivity contribution is -0.128. The number of aldehydes is 1. The van der Waals surface area contributed by atoms with Crippen LogP contribution in [-0.2, 0) is 9.53 Å². The predicted molar refractivity (Wildman–Crippen MR) is 45.6 cm³/mol. The Hall–Kier alpha value is -0.370. The smallest absolute Gasteiger partial charge is 0.148 e. The molecular formula is C9H18O2. The number of rotatable bonds is 4. The Morgan fingerprint density at radius 2 is 2.00 bits per heavy atom. The Kier molecular flexibility index (Phi) is 4.34. The average Bonchev–Trinajstić information content (AvgIpc) is 1.84. The van der Waals surface area contributed by atoms with Crippen LogP contribution in [0.25, 0.3) is 0 Å². The van der Waals surface area contributed by atoms with Crippen LogP contribution in [0.5, 0.6) is 0 Å². The van der Waals surface area contributed by atoms with Gasteiger partial charge in [-0.2, -0.15) is 0 Å². The summed E-state index contributed by atoms with van der Waals surface area (Å²) in [7, 11) is 0. The number of carbonyl (C=O) groups excluding carboxylic acids is 1. The van der Waals surface area contributed by atoms with Gasteiger partial charge in [-0.25, -0.2) is 0 Å². The molecular weight excluding hydrogens is 140 g/mol. The zero-order valence-electron chi connectivity index (χ0n) is 7.89. The van der Waals surface area contributed by atoms with E-state index in [1.807, 2.05) is 27.7 Å². The maximum atomic E-state index is 10.4. The van der Waals surface area contributed by atoms with Gasteiger partial charge in [0.2, 0.25) is 0 Å². The van der Waals surface area contributed by atoms with Gasteiger partial charge >= 0.3 is 0 Å². The molecule has 2 nitrogen and oxygen atoms in total. The molecule has 0 saturated carbocycles. The van der Waals surface area contributed by atoms with E-state index in [1.54, 1.807) is 0 Å². The van der Waals surface area contributed by atoms with Gasteiger partial charge in [0.1, 0.15) is 12.4 Å². The van der Waals surface area contributed by atoms with Gasteiger partial charge in [-0.05, 0) is 27.2 Å². The molecule has 2 heteroatoms. The van der Waals surface area contributed by atoms with Crippen molar-refractivity contribution in [2.24, 2.45) is 0 Å². The third kappa shape index (κ3) is 6.05. The van der Waals surface area contributed by atoms with Crippen molar-refractivity contribution in [2.45, 2.75) is 52.2 Å². The minimum Gasteiger partial charge on any atom is -0.365 e. The highest BCUT2D eigenvalue weighted by atomic mass is 16.5.